The summed E-state index contributed by atoms with van der Waals surface area (Å²) in [4.78, 5) is 8.91. The predicted molar refractivity (Wildman–Crippen MR) is 65.4 cm³/mol. The number of rotatable bonds is 3. The van der Waals surface area contributed by atoms with Gasteiger partial charge in [-0.1, -0.05) is 18.6 Å². The summed E-state index contributed by atoms with van der Waals surface area (Å²) in [5.41, 5.74) is 1.91. The summed E-state index contributed by atoms with van der Waals surface area (Å²) in [6, 6.07) is 7.96. The average molecular weight is 213 g/mol. The molecule has 1 N–H and O–H groups in total. The molecular weight excluding hydrogens is 198 g/mol. The second kappa shape index (κ2) is 4.08. The number of anilines is 1. The zero-order valence-electron chi connectivity index (χ0n) is 9.19. The lowest BCUT2D eigenvalue weighted by atomic mass is 9.85. The van der Waals surface area contributed by atoms with Gasteiger partial charge in [-0.2, -0.15) is 0 Å². The van der Waals surface area contributed by atoms with Crippen LogP contribution in [0.4, 0.5) is 5.82 Å². The van der Waals surface area contributed by atoms with E-state index in [9.17, 15) is 0 Å². The van der Waals surface area contributed by atoms with Gasteiger partial charge in [0.25, 0.3) is 0 Å². The number of fused-ring (bicyclic) bond motifs is 1. The van der Waals surface area contributed by atoms with Crippen molar-refractivity contribution < 1.29 is 0 Å². The molecule has 3 nitrogen and oxygen atoms in total. The molecule has 1 saturated carbocycles. The van der Waals surface area contributed by atoms with Crippen molar-refractivity contribution in [1.82, 2.24) is 9.97 Å². The first-order chi connectivity index (χ1) is 7.92. The van der Waals surface area contributed by atoms with E-state index in [0.29, 0.717) is 0 Å². The quantitative estimate of drug-likeness (QED) is 0.852. The fourth-order valence-corrected chi connectivity index (χ4v) is 1.99. The summed E-state index contributed by atoms with van der Waals surface area (Å²) in [6.07, 6.45) is 5.92. The summed E-state index contributed by atoms with van der Waals surface area (Å²) >= 11 is 0. The Labute approximate surface area is 94.9 Å². The van der Waals surface area contributed by atoms with E-state index in [1.165, 1.54) is 19.3 Å². The van der Waals surface area contributed by atoms with E-state index >= 15 is 0 Å². The molecule has 0 bridgehead atoms. The summed E-state index contributed by atoms with van der Waals surface area (Å²) < 4.78 is 0. The van der Waals surface area contributed by atoms with Gasteiger partial charge in [-0.05, 0) is 30.9 Å². The van der Waals surface area contributed by atoms with E-state index in [1.807, 2.05) is 30.5 Å². The van der Waals surface area contributed by atoms with Crippen LogP contribution in [0.1, 0.15) is 19.3 Å². The number of aromatic nitrogens is 2. The van der Waals surface area contributed by atoms with Crippen LogP contribution in [0.3, 0.4) is 0 Å². The molecule has 0 aliphatic heterocycles. The van der Waals surface area contributed by atoms with Gasteiger partial charge in [0.15, 0.2) is 0 Å². The lowest BCUT2D eigenvalue weighted by Crippen LogP contribution is -2.21. The maximum absolute atomic E-state index is 4.53. The van der Waals surface area contributed by atoms with Crippen LogP contribution >= 0.6 is 0 Å². The molecule has 1 fully saturated rings. The van der Waals surface area contributed by atoms with Crippen molar-refractivity contribution in [3.8, 4) is 0 Å². The van der Waals surface area contributed by atoms with Gasteiger partial charge in [0, 0.05) is 6.54 Å². The average Bonchev–Trinajstić information content (AvgIpc) is 2.27. The summed E-state index contributed by atoms with van der Waals surface area (Å²) in [6.45, 7) is 1.03. The Morgan fingerprint density at radius 3 is 2.75 bits per heavy atom. The minimum absolute atomic E-state index is 0.841. The Morgan fingerprint density at radius 2 is 2.00 bits per heavy atom. The van der Waals surface area contributed by atoms with Crippen molar-refractivity contribution in [2.45, 2.75) is 19.3 Å². The van der Waals surface area contributed by atoms with Gasteiger partial charge in [0.05, 0.1) is 17.2 Å². The molecule has 1 aliphatic carbocycles. The molecule has 0 radical (unpaired) electrons. The topological polar surface area (TPSA) is 37.8 Å². The van der Waals surface area contributed by atoms with Gasteiger partial charge in [-0.25, -0.2) is 4.98 Å². The second-order valence-electron chi connectivity index (χ2n) is 4.42. The highest BCUT2D eigenvalue weighted by Gasteiger charge is 2.16. The van der Waals surface area contributed by atoms with Crippen LogP contribution in [0.25, 0.3) is 11.0 Å². The zero-order chi connectivity index (χ0) is 10.8. The third-order valence-corrected chi connectivity index (χ3v) is 3.25. The van der Waals surface area contributed by atoms with Crippen molar-refractivity contribution in [2.24, 2.45) is 5.92 Å². The Morgan fingerprint density at radius 1 is 1.19 bits per heavy atom. The van der Waals surface area contributed by atoms with Crippen molar-refractivity contribution in [3.05, 3.63) is 30.5 Å². The molecular formula is C13H15N3. The lowest BCUT2D eigenvalue weighted by molar-refractivity contribution is 0.333. The van der Waals surface area contributed by atoms with Crippen molar-refractivity contribution in [3.63, 3.8) is 0 Å². The van der Waals surface area contributed by atoms with E-state index in [-0.39, 0.29) is 0 Å². The monoisotopic (exact) mass is 213 g/mol. The molecule has 1 heterocycles. The van der Waals surface area contributed by atoms with Gasteiger partial charge in [0.2, 0.25) is 0 Å². The van der Waals surface area contributed by atoms with Crippen LogP contribution in [0.15, 0.2) is 30.5 Å². The van der Waals surface area contributed by atoms with E-state index in [4.69, 9.17) is 0 Å². The molecule has 0 atom stereocenters. The van der Waals surface area contributed by atoms with Gasteiger partial charge in [0.1, 0.15) is 5.82 Å². The van der Waals surface area contributed by atoms with Crippen LogP contribution in [-0.4, -0.2) is 16.5 Å². The molecule has 82 valence electrons. The van der Waals surface area contributed by atoms with Gasteiger partial charge < -0.3 is 5.32 Å². The second-order valence-corrected chi connectivity index (χ2v) is 4.42. The standard InChI is InChI=1S/C13H15N3/c1-2-7-12-11(6-1)14-9-13(16-12)15-8-10-4-3-5-10/h1-2,6-7,9-10H,3-5,8H2,(H,15,16). The van der Waals surface area contributed by atoms with Crippen molar-refractivity contribution in [2.75, 3.05) is 11.9 Å². The number of hydrogen-bond acceptors (Lipinski definition) is 3. The lowest BCUT2D eigenvalue weighted by Gasteiger charge is -2.25. The first-order valence-corrected chi connectivity index (χ1v) is 5.87. The highest BCUT2D eigenvalue weighted by Crippen LogP contribution is 2.26. The van der Waals surface area contributed by atoms with E-state index < -0.39 is 0 Å². The summed E-state index contributed by atoms with van der Waals surface area (Å²) in [5.74, 6) is 1.74. The molecule has 3 rings (SSSR count). The Kier molecular flexibility index (Phi) is 2.44. The number of para-hydroxylation sites is 2. The Hall–Kier alpha value is -1.64. The van der Waals surface area contributed by atoms with Crippen molar-refractivity contribution >= 4 is 16.9 Å². The fourth-order valence-electron chi connectivity index (χ4n) is 1.99. The third kappa shape index (κ3) is 1.85. The summed E-state index contributed by atoms with van der Waals surface area (Å²) in [5, 5.41) is 3.37. The molecule has 0 amide bonds. The van der Waals surface area contributed by atoms with Crippen LogP contribution in [0.2, 0.25) is 0 Å². The van der Waals surface area contributed by atoms with Gasteiger partial charge in [-0.15, -0.1) is 0 Å². The molecule has 0 spiro atoms. The molecule has 16 heavy (non-hydrogen) atoms. The van der Waals surface area contributed by atoms with Gasteiger partial charge >= 0.3 is 0 Å². The Balaban J connectivity index is 1.76. The first-order valence-electron chi connectivity index (χ1n) is 5.87. The minimum atomic E-state index is 0.841. The number of nitrogens with zero attached hydrogens (tertiary/aromatic N) is 2. The third-order valence-electron chi connectivity index (χ3n) is 3.25. The van der Waals surface area contributed by atoms with E-state index in [2.05, 4.69) is 15.3 Å². The smallest absolute Gasteiger partial charge is 0.145 e. The summed E-state index contributed by atoms with van der Waals surface area (Å²) in [7, 11) is 0. The maximum Gasteiger partial charge on any atom is 0.145 e. The van der Waals surface area contributed by atoms with E-state index in [1.54, 1.807) is 0 Å². The zero-order valence-corrected chi connectivity index (χ0v) is 9.19. The number of benzene rings is 1. The number of nitrogens with one attached hydrogen (secondary N) is 1. The first kappa shape index (κ1) is 9.58. The predicted octanol–water partition coefficient (Wildman–Crippen LogP) is 2.84. The Bertz CT molecular complexity index is 491. The van der Waals surface area contributed by atoms with Crippen molar-refractivity contribution in [1.29, 1.82) is 0 Å². The minimum Gasteiger partial charge on any atom is -0.368 e. The van der Waals surface area contributed by atoms with Crippen LogP contribution in [0, 0.1) is 5.92 Å². The van der Waals surface area contributed by atoms with Crippen LogP contribution in [-0.2, 0) is 0 Å². The molecule has 2 aromatic rings. The SMILES string of the molecule is c1ccc2nc(NCC3CCC3)cnc2c1. The largest absolute Gasteiger partial charge is 0.368 e. The molecule has 1 aromatic heterocycles. The molecule has 1 aliphatic rings. The molecule has 0 saturated heterocycles. The highest BCUT2D eigenvalue weighted by molar-refractivity contribution is 5.75. The molecule has 0 unspecified atom stereocenters. The highest BCUT2D eigenvalue weighted by atomic mass is 15.0. The molecule has 1 aromatic carbocycles. The van der Waals surface area contributed by atoms with Gasteiger partial charge in [-0.3, -0.25) is 4.98 Å². The maximum atomic E-state index is 4.53. The van der Waals surface area contributed by atoms with Crippen LogP contribution < -0.4 is 5.32 Å². The normalized spacial score (nSPS) is 16.0. The van der Waals surface area contributed by atoms with E-state index in [0.717, 1.165) is 29.3 Å². The fraction of sp³-hybridized carbons (Fsp3) is 0.385. The van der Waals surface area contributed by atoms with Crippen LogP contribution in [0.5, 0.6) is 0 Å². The number of hydrogen-bond donors (Lipinski definition) is 1. The molecule has 3 heteroatoms.